The summed E-state index contributed by atoms with van der Waals surface area (Å²) >= 11 is 0. The second-order valence-electron chi connectivity index (χ2n) is 4.49. The average Bonchev–Trinajstić information content (AvgIpc) is 2.22. The molecule has 0 saturated carbocycles. The minimum absolute atomic E-state index is 0.540. The van der Waals surface area contributed by atoms with E-state index in [0.717, 1.165) is 37.7 Å². The number of hydrogen-bond donors (Lipinski definition) is 1. The van der Waals surface area contributed by atoms with Crippen LogP contribution in [0.15, 0.2) is 6.07 Å². The summed E-state index contributed by atoms with van der Waals surface area (Å²) in [7, 11) is 4.15. The Hall–Kier alpha value is -1.36. The van der Waals surface area contributed by atoms with Crippen molar-refractivity contribution < 1.29 is 0 Å². The van der Waals surface area contributed by atoms with E-state index in [-0.39, 0.29) is 0 Å². The smallest absolute Gasteiger partial charge is 0.134 e. The molecular formula is C12H23N5. The predicted octanol–water partition coefficient (Wildman–Crippen LogP) is 1.15. The minimum atomic E-state index is 0.540. The van der Waals surface area contributed by atoms with Crippen LogP contribution in [-0.2, 0) is 0 Å². The van der Waals surface area contributed by atoms with Crippen LogP contribution in [-0.4, -0.2) is 48.6 Å². The Morgan fingerprint density at radius 3 is 2.41 bits per heavy atom. The molecule has 0 atom stereocenters. The van der Waals surface area contributed by atoms with Crippen molar-refractivity contribution in [3.8, 4) is 0 Å². The van der Waals surface area contributed by atoms with E-state index >= 15 is 0 Å². The normalized spacial score (nSPS) is 10.9. The van der Waals surface area contributed by atoms with E-state index in [4.69, 9.17) is 5.73 Å². The van der Waals surface area contributed by atoms with Gasteiger partial charge in [0.25, 0.3) is 0 Å². The lowest BCUT2D eigenvalue weighted by Gasteiger charge is -2.25. The van der Waals surface area contributed by atoms with Crippen molar-refractivity contribution in [3.63, 3.8) is 0 Å². The quantitative estimate of drug-likeness (QED) is 0.804. The SMILES string of the molecule is CCCN(CCN(C)C)c1cc(N)nc(C)n1. The molecule has 0 bridgehead atoms. The van der Waals surface area contributed by atoms with Gasteiger partial charge in [0.05, 0.1) is 0 Å². The minimum Gasteiger partial charge on any atom is -0.384 e. The van der Waals surface area contributed by atoms with Gasteiger partial charge in [0.1, 0.15) is 17.5 Å². The van der Waals surface area contributed by atoms with Gasteiger partial charge in [-0.15, -0.1) is 0 Å². The summed E-state index contributed by atoms with van der Waals surface area (Å²) in [6, 6.07) is 1.85. The lowest BCUT2D eigenvalue weighted by atomic mass is 10.3. The fourth-order valence-electron chi connectivity index (χ4n) is 1.67. The number of anilines is 2. The summed E-state index contributed by atoms with van der Waals surface area (Å²) in [5.41, 5.74) is 5.76. The lowest BCUT2D eigenvalue weighted by molar-refractivity contribution is 0.412. The fourth-order valence-corrected chi connectivity index (χ4v) is 1.67. The maximum atomic E-state index is 5.76. The zero-order chi connectivity index (χ0) is 12.8. The fraction of sp³-hybridized carbons (Fsp3) is 0.667. The maximum Gasteiger partial charge on any atom is 0.134 e. The van der Waals surface area contributed by atoms with Gasteiger partial charge in [-0.2, -0.15) is 0 Å². The summed E-state index contributed by atoms with van der Waals surface area (Å²) in [6.45, 7) is 6.99. The number of likely N-dealkylation sites (N-methyl/N-ethyl adjacent to an activating group) is 1. The first-order valence-electron chi connectivity index (χ1n) is 6.03. The van der Waals surface area contributed by atoms with E-state index in [1.165, 1.54) is 0 Å². The van der Waals surface area contributed by atoms with Crippen LogP contribution in [0.4, 0.5) is 11.6 Å². The van der Waals surface area contributed by atoms with Crippen LogP contribution >= 0.6 is 0 Å². The van der Waals surface area contributed by atoms with Gasteiger partial charge in [0, 0.05) is 25.7 Å². The van der Waals surface area contributed by atoms with Crippen LogP contribution in [0.2, 0.25) is 0 Å². The maximum absolute atomic E-state index is 5.76. The van der Waals surface area contributed by atoms with Gasteiger partial charge < -0.3 is 15.5 Å². The summed E-state index contributed by atoms with van der Waals surface area (Å²) < 4.78 is 0. The van der Waals surface area contributed by atoms with Gasteiger partial charge in [-0.25, -0.2) is 9.97 Å². The molecule has 0 aliphatic carbocycles. The molecule has 0 fully saturated rings. The monoisotopic (exact) mass is 237 g/mol. The Morgan fingerprint density at radius 2 is 1.88 bits per heavy atom. The zero-order valence-corrected chi connectivity index (χ0v) is 11.3. The summed E-state index contributed by atoms with van der Waals surface area (Å²) in [4.78, 5) is 13.0. The number of rotatable bonds is 6. The van der Waals surface area contributed by atoms with Gasteiger partial charge in [0.15, 0.2) is 0 Å². The van der Waals surface area contributed by atoms with Crippen LogP contribution in [0.1, 0.15) is 19.2 Å². The Balaban J connectivity index is 2.80. The van der Waals surface area contributed by atoms with Crippen molar-refractivity contribution >= 4 is 11.6 Å². The van der Waals surface area contributed by atoms with Crippen LogP contribution in [0, 0.1) is 6.92 Å². The summed E-state index contributed by atoms with van der Waals surface area (Å²) in [5.74, 6) is 2.20. The van der Waals surface area contributed by atoms with Crippen LogP contribution in [0.5, 0.6) is 0 Å². The summed E-state index contributed by atoms with van der Waals surface area (Å²) in [6.07, 6.45) is 1.09. The number of hydrogen-bond acceptors (Lipinski definition) is 5. The van der Waals surface area contributed by atoms with E-state index in [2.05, 4.69) is 40.8 Å². The molecule has 5 nitrogen and oxygen atoms in total. The van der Waals surface area contributed by atoms with Crippen LogP contribution in [0.25, 0.3) is 0 Å². The van der Waals surface area contributed by atoms with Crippen LogP contribution < -0.4 is 10.6 Å². The Bertz CT molecular complexity index is 330. The molecule has 1 aromatic rings. The van der Waals surface area contributed by atoms with Gasteiger partial charge in [-0.3, -0.25) is 0 Å². The van der Waals surface area contributed by atoms with E-state index in [9.17, 15) is 0 Å². The number of aryl methyl sites for hydroxylation is 1. The first kappa shape index (κ1) is 13.7. The van der Waals surface area contributed by atoms with Gasteiger partial charge in [-0.05, 0) is 27.4 Å². The van der Waals surface area contributed by atoms with E-state index in [1.807, 2.05) is 13.0 Å². The molecule has 5 heteroatoms. The van der Waals surface area contributed by atoms with Crippen molar-refractivity contribution in [2.45, 2.75) is 20.3 Å². The molecule has 0 spiro atoms. The molecule has 17 heavy (non-hydrogen) atoms. The molecule has 1 rings (SSSR count). The molecule has 1 aromatic heterocycles. The molecule has 96 valence electrons. The predicted molar refractivity (Wildman–Crippen MR) is 72.2 cm³/mol. The van der Waals surface area contributed by atoms with E-state index in [1.54, 1.807) is 0 Å². The van der Waals surface area contributed by atoms with Crippen molar-refractivity contribution in [3.05, 3.63) is 11.9 Å². The third-order valence-electron chi connectivity index (χ3n) is 2.48. The van der Waals surface area contributed by atoms with Crippen molar-refractivity contribution in [2.24, 2.45) is 0 Å². The third kappa shape index (κ3) is 4.56. The Morgan fingerprint density at radius 1 is 1.18 bits per heavy atom. The first-order chi connectivity index (χ1) is 8.02. The third-order valence-corrected chi connectivity index (χ3v) is 2.48. The van der Waals surface area contributed by atoms with Gasteiger partial charge in [-0.1, -0.05) is 6.92 Å². The highest BCUT2D eigenvalue weighted by atomic mass is 15.2. The first-order valence-corrected chi connectivity index (χ1v) is 6.03. The molecule has 0 amide bonds. The topological polar surface area (TPSA) is 58.3 Å². The number of nitrogen functional groups attached to an aromatic ring is 1. The Labute approximate surface area is 104 Å². The standard InChI is InChI=1S/C12H23N5/c1-5-6-17(8-7-16(3)4)12-9-11(13)14-10(2)15-12/h9H,5-8H2,1-4H3,(H2,13,14,15). The lowest BCUT2D eigenvalue weighted by Crippen LogP contribution is -2.33. The summed E-state index contributed by atoms with van der Waals surface area (Å²) in [5, 5.41) is 0. The number of aromatic nitrogens is 2. The van der Waals surface area contributed by atoms with Crippen molar-refractivity contribution in [2.75, 3.05) is 44.4 Å². The van der Waals surface area contributed by atoms with Crippen molar-refractivity contribution in [1.82, 2.24) is 14.9 Å². The highest BCUT2D eigenvalue weighted by Gasteiger charge is 2.09. The molecule has 2 N–H and O–H groups in total. The molecule has 1 heterocycles. The van der Waals surface area contributed by atoms with Gasteiger partial charge in [0.2, 0.25) is 0 Å². The van der Waals surface area contributed by atoms with Crippen LogP contribution in [0.3, 0.4) is 0 Å². The van der Waals surface area contributed by atoms with Crippen molar-refractivity contribution in [1.29, 1.82) is 0 Å². The molecule has 0 unspecified atom stereocenters. The molecule has 0 aliphatic heterocycles. The van der Waals surface area contributed by atoms with E-state index in [0.29, 0.717) is 5.82 Å². The highest BCUT2D eigenvalue weighted by molar-refractivity contribution is 5.46. The second kappa shape index (κ2) is 6.39. The molecule has 0 aromatic carbocycles. The Kier molecular flexibility index (Phi) is 5.15. The van der Waals surface area contributed by atoms with Gasteiger partial charge >= 0.3 is 0 Å². The number of nitrogens with two attached hydrogens (primary N) is 1. The largest absolute Gasteiger partial charge is 0.384 e. The molecule has 0 aliphatic rings. The molecule has 0 saturated heterocycles. The van der Waals surface area contributed by atoms with E-state index < -0.39 is 0 Å². The zero-order valence-electron chi connectivity index (χ0n) is 11.3. The second-order valence-corrected chi connectivity index (χ2v) is 4.49. The molecular weight excluding hydrogens is 214 g/mol. The highest BCUT2D eigenvalue weighted by Crippen LogP contribution is 2.14. The average molecular weight is 237 g/mol. The molecule has 0 radical (unpaired) electrons. The number of nitrogens with zero attached hydrogens (tertiary/aromatic N) is 4.